The van der Waals surface area contributed by atoms with Crippen molar-refractivity contribution >= 4 is 0 Å². The number of nitrogens with zero attached hydrogens (tertiary/aromatic N) is 7. The van der Waals surface area contributed by atoms with Gasteiger partial charge in [-0.3, -0.25) is 4.98 Å². The molecule has 0 radical (unpaired) electrons. The average Bonchev–Trinajstić information content (AvgIpc) is 3.26. The van der Waals surface area contributed by atoms with Crippen molar-refractivity contribution in [1.29, 1.82) is 0 Å². The third-order valence-corrected chi connectivity index (χ3v) is 4.54. The van der Waals surface area contributed by atoms with Crippen molar-refractivity contribution in [3.63, 3.8) is 0 Å². The van der Waals surface area contributed by atoms with Gasteiger partial charge in [-0.15, -0.1) is 0 Å². The average molecular weight is 343 g/mol. The molecule has 1 aliphatic rings. The van der Waals surface area contributed by atoms with Crippen LogP contribution in [0, 0.1) is 0 Å². The SMILES string of the molecule is c1ccc(-c2ncc(-c3nccn3Cc3cncn3C3CC3)cn2)nc1. The molecule has 0 atom stereocenters. The van der Waals surface area contributed by atoms with Gasteiger partial charge in [-0.05, 0) is 25.0 Å². The Kier molecular flexibility index (Phi) is 3.55. The minimum absolute atomic E-state index is 0.610. The second-order valence-electron chi connectivity index (χ2n) is 6.41. The molecule has 7 nitrogen and oxygen atoms in total. The van der Waals surface area contributed by atoms with E-state index in [4.69, 9.17) is 0 Å². The molecule has 1 aliphatic carbocycles. The molecule has 1 saturated carbocycles. The third kappa shape index (κ3) is 2.77. The summed E-state index contributed by atoms with van der Waals surface area (Å²) in [6.45, 7) is 0.730. The number of hydrogen-bond acceptors (Lipinski definition) is 5. The van der Waals surface area contributed by atoms with Crippen LogP contribution in [0.15, 0.2) is 61.7 Å². The highest BCUT2D eigenvalue weighted by atomic mass is 15.1. The van der Waals surface area contributed by atoms with Crippen molar-refractivity contribution in [3.05, 3.63) is 67.4 Å². The molecule has 4 aromatic rings. The van der Waals surface area contributed by atoms with Gasteiger partial charge in [-0.1, -0.05) is 6.07 Å². The molecule has 26 heavy (non-hydrogen) atoms. The highest BCUT2D eigenvalue weighted by Crippen LogP contribution is 2.35. The lowest BCUT2D eigenvalue weighted by Crippen LogP contribution is -2.07. The van der Waals surface area contributed by atoms with Gasteiger partial charge in [0.25, 0.3) is 0 Å². The van der Waals surface area contributed by atoms with Crippen LogP contribution in [0.5, 0.6) is 0 Å². The topological polar surface area (TPSA) is 74.3 Å². The molecule has 0 aliphatic heterocycles. The Hall–Kier alpha value is -3.35. The fraction of sp³-hybridized carbons (Fsp3) is 0.211. The van der Waals surface area contributed by atoms with Gasteiger partial charge in [0.2, 0.25) is 0 Å². The van der Waals surface area contributed by atoms with Crippen molar-refractivity contribution in [2.75, 3.05) is 0 Å². The zero-order valence-corrected chi connectivity index (χ0v) is 14.1. The van der Waals surface area contributed by atoms with Crippen LogP contribution < -0.4 is 0 Å². The fourth-order valence-corrected chi connectivity index (χ4v) is 3.08. The Morgan fingerprint density at radius 2 is 1.85 bits per heavy atom. The van der Waals surface area contributed by atoms with E-state index < -0.39 is 0 Å². The Morgan fingerprint density at radius 3 is 2.62 bits per heavy atom. The monoisotopic (exact) mass is 343 g/mol. The van der Waals surface area contributed by atoms with E-state index in [0.717, 1.165) is 23.6 Å². The number of imidazole rings is 2. The predicted octanol–water partition coefficient (Wildman–Crippen LogP) is 2.98. The summed E-state index contributed by atoms with van der Waals surface area (Å²) in [6, 6.07) is 6.31. The number of hydrogen-bond donors (Lipinski definition) is 0. The van der Waals surface area contributed by atoms with E-state index in [1.54, 1.807) is 24.8 Å². The molecule has 7 heteroatoms. The molecule has 0 saturated heterocycles. The first kappa shape index (κ1) is 14.9. The molecule has 5 rings (SSSR count). The van der Waals surface area contributed by atoms with Crippen molar-refractivity contribution in [2.45, 2.75) is 25.4 Å². The maximum atomic E-state index is 4.50. The Bertz CT molecular complexity index is 1010. The Labute approximate surface area is 150 Å². The smallest absolute Gasteiger partial charge is 0.178 e. The summed E-state index contributed by atoms with van der Waals surface area (Å²) in [5, 5.41) is 0. The zero-order valence-electron chi connectivity index (χ0n) is 14.1. The summed E-state index contributed by atoms with van der Waals surface area (Å²) in [5.74, 6) is 1.46. The summed E-state index contributed by atoms with van der Waals surface area (Å²) in [7, 11) is 0. The summed E-state index contributed by atoms with van der Waals surface area (Å²) in [4.78, 5) is 22.0. The van der Waals surface area contributed by atoms with E-state index in [-0.39, 0.29) is 0 Å². The number of rotatable bonds is 5. The lowest BCUT2D eigenvalue weighted by molar-refractivity contribution is 0.658. The van der Waals surface area contributed by atoms with Gasteiger partial charge in [-0.25, -0.2) is 19.9 Å². The molecular formula is C19H17N7. The van der Waals surface area contributed by atoms with E-state index in [2.05, 4.69) is 34.1 Å². The van der Waals surface area contributed by atoms with E-state index in [1.807, 2.05) is 36.9 Å². The summed E-state index contributed by atoms with van der Waals surface area (Å²) in [6.07, 6.45) is 15.5. The first-order valence-electron chi connectivity index (χ1n) is 8.64. The Balaban J connectivity index is 1.43. The molecule has 0 N–H and O–H groups in total. The van der Waals surface area contributed by atoms with Crippen molar-refractivity contribution in [2.24, 2.45) is 0 Å². The molecule has 0 aromatic carbocycles. The molecule has 4 heterocycles. The van der Waals surface area contributed by atoms with Crippen LogP contribution in [0.4, 0.5) is 0 Å². The van der Waals surface area contributed by atoms with Gasteiger partial charge in [0, 0.05) is 43.2 Å². The standard InChI is InChI=1S/C19H17N7/c1-2-6-21-17(3-1)18-23-9-14(10-24-18)19-22-7-8-25(19)12-16-11-20-13-26(16)15-4-5-15/h1-3,6-11,13,15H,4-5,12H2. The van der Waals surface area contributed by atoms with Gasteiger partial charge in [0.1, 0.15) is 11.5 Å². The van der Waals surface area contributed by atoms with Crippen LogP contribution in [0.3, 0.4) is 0 Å². The van der Waals surface area contributed by atoms with Crippen LogP contribution in [0.25, 0.3) is 22.9 Å². The molecular weight excluding hydrogens is 326 g/mol. The number of pyridine rings is 1. The van der Waals surface area contributed by atoms with E-state index in [1.165, 1.54) is 18.5 Å². The second kappa shape index (κ2) is 6.18. The van der Waals surface area contributed by atoms with Crippen molar-refractivity contribution < 1.29 is 0 Å². The van der Waals surface area contributed by atoms with E-state index >= 15 is 0 Å². The molecule has 128 valence electrons. The second-order valence-corrected chi connectivity index (χ2v) is 6.41. The molecule has 0 bridgehead atoms. The maximum Gasteiger partial charge on any atom is 0.178 e. The maximum absolute atomic E-state index is 4.50. The predicted molar refractivity (Wildman–Crippen MR) is 96.1 cm³/mol. The number of aromatic nitrogens is 7. The van der Waals surface area contributed by atoms with Crippen LogP contribution >= 0.6 is 0 Å². The molecule has 1 fully saturated rings. The van der Waals surface area contributed by atoms with Gasteiger partial charge in [0.05, 0.1) is 24.1 Å². The Morgan fingerprint density at radius 1 is 0.962 bits per heavy atom. The summed E-state index contributed by atoms with van der Waals surface area (Å²) < 4.78 is 4.37. The van der Waals surface area contributed by atoms with Crippen molar-refractivity contribution in [3.8, 4) is 22.9 Å². The molecule has 0 unspecified atom stereocenters. The fourth-order valence-electron chi connectivity index (χ4n) is 3.08. The molecule has 0 spiro atoms. The lowest BCUT2D eigenvalue weighted by Gasteiger charge is -2.10. The van der Waals surface area contributed by atoms with Crippen molar-refractivity contribution in [1.82, 2.24) is 34.1 Å². The largest absolute Gasteiger partial charge is 0.330 e. The summed E-state index contributed by atoms with van der Waals surface area (Å²) >= 11 is 0. The molecule has 0 amide bonds. The van der Waals surface area contributed by atoms with Gasteiger partial charge in [0.15, 0.2) is 5.82 Å². The lowest BCUT2D eigenvalue weighted by atomic mass is 10.3. The van der Waals surface area contributed by atoms with Gasteiger partial charge < -0.3 is 9.13 Å². The molecule has 4 aromatic heterocycles. The first-order chi connectivity index (χ1) is 12.9. The first-order valence-corrected chi connectivity index (χ1v) is 8.64. The van der Waals surface area contributed by atoms with Crippen LogP contribution in [-0.2, 0) is 6.54 Å². The normalized spacial score (nSPS) is 13.8. The third-order valence-electron chi connectivity index (χ3n) is 4.54. The van der Waals surface area contributed by atoms with Crippen LogP contribution in [0.2, 0.25) is 0 Å². The zero-order chi connectivity index (χ0) is 17.3. The van der Waals surface area contributed by atoms with Gasteiger partial charge >= 0.3 is 0 Å². The minimum Gasteiger partial charge on any atom is -0.330 e. The highest BCUT2D eigenvalue weighted by Gasteiger charge is 2.25. The van der Waals surface area contributed by atoms with Gasteiger partial charge in [-0.2, -0.15) is 0 Å². The summed E-state index contributed by atoms with van der Waals surface area (Å²) in [5.41, 5.74) is 2.83. The van der Waals surface area contributed by atoms with Crippen LogP contribution in [-0.4, -0.2) is 34.1 Å². The highest BCUT2D eigenvalue weighted by molar-refractivity contribution is 5.56. The van der Waals surface area contributed by atoms with E-state index in [0.29, 0.717) is 11.9 Å². The quantitative estimate of drug-likeness (QED) is 0.557. The minimum atomic E-state index is 0.610. The van der Waals surface area contributed by atoms with Crippen LogP contribution in [0.1, 0.15) is 24.6 Å². The van der Waals surface area contributed by atoms with E-state index in [9.17, 15) is 0 Å².